The predicted octanol–water partition coefficient (Wildman–Crippen LogP) is 1.45. The number of amides is 1. The third kappa shape index (κ3) is 4.33. The molecule has 8 heteroatoms. The maximum absolute atomic E-state index is 12.7. The molecular weight excluding hydrogens is 332 g/mol. The molecule has 0 aromatic heterocycles. The van der Waals surface area contributed by atoms with E-state index in [4.69, 9.17) is 5.11 Å². The van der Waals surface area contributed by atoms with Crippen molar-refractivity contribution in [2.75, 3.05) is 13.6 Å². The number of hydrogen-bond donors (Lipinski definition) is 2. The van der Waals surface area contributed by atoms with Crippen molar-refractivity contribution >= 4 is 21.9 Å². The van der Waals surface area contributed by atoms with Crippen LogP contribution < -0.4 is 4.72 Å². The molecule has 1 atom stereocenters. The zero-order valence-corrected chi connectivity index (χ0v) is 14.4. The van der Waals surface area contributed by atoms with Crippen molar-refractivity contribution in [3.05, 3.63) is 29.8 Å². The molecule has 1 amide bonds. The van der Waals surface area contributed by atoms with Gasteiger partial charge in [-0.15, -0.1) is 0 Å². The number of carbonyl (C=O) groups excluding carboxylic acids is 1. The van der Waals surface area contributed by atoms with Crippen LogP contribution in [0.15, 0.2) is 29.2 Å². The number of aliphatic carboxylic acids is 1. The highest BCUT2D eigenvalue weighted by Gasteiger charge is 2.28. The Labute approximate surface area is 141 Å². The summed E-state index contributed by atoms with van der Waals surface area (Å²) < 4.78 is 25.7. The standard InChI is InChI=1S/C16H22N2O5S/c1-17-24(22,23)14-8-5-12(6-9-14)16(21)18-11-3-2-4-13(18)7-10-15(19)20/h5-6,8-9,13,17H,2-4,7,10-11H2,1H3,(H,19,20). The summed E-state index contributed by atoms with van der Waals surface area (Å²) in [6.45, 7) is 0.597. The van der Waals surface area contributed by atoms with E-state index in [1.807, 2.05) is 0 Å². The van der Waals surface area contributed by atoms with Gasteiger partial charge >= 0.3 is 5.97 Å². The van der Waals surface area contributed by atoms with Crippen LogP contribution >= 0.6 is 0 Å². The van der Waals surface area contributed by atoms with Crippen LogP contribution in [0.2, 0.25) is 0 Å². The average molecular weight is 354 g/mol. The smallest absolute Gasteiger partial charge is 0.303 e. The second-order valence-electron chi connectivity index (χ2n) is 5.81. The first-order valence-electron chi connectivity index (χ1n) is 7.91. The third-order valence-electron chi connectivity index (χ3n) is 4.26. The van der Waals surface area contributed by atoms with Gasteiger partial charge in [-0.05, 0) is 57.0 Å². The van der Waals surface area contributed by atoms with E-state index in [2.05, 4.69) is 4.72 Å². The van der Waals surface area contributed by atoms with Gasteiger partial charge in [0.15, 0.2) is 0 Å². The number of carbonyl (C=O) groups is 2. The summed E-state index contributed by atoms with van der Waals surface area (Å²) in [6.07, 6.45) is 3.14. The summed E-state index contributed by atoms with van der Waals surface area (Å²) in [7, 11) is -2.21. The quantitative estimate of drug-likeness (QED) is 0.805. The topological polar surface area (TPSA) is 104 Å². The minimum absolute atomic E-state index is 0.0355. The van der Waals surface area contributed by atoms with Gasteiger partial charge in [0.05, 0.1) is 4.90 Å². The Morgan fingerprint density at radius 3 is 2.50 bits per heavy atom. The van der Waals surface area contributed by atoms with Crippen molar-refractivity contribution in [1.29, 1.82) is 0 Å². The molecule has 0 spiro atoms. The third-order valence-corrected chi connectivity index (χ3v) is 5.69. The fourth-order valence-electron chi connectivity index (χ4n) is 2.92. The van der Waals surface area contributed by atoms with Gasteiger partial charge in [0, 0.05) is 24.6 Å². The zero-order chi connectivity index (χ0) is 17.7. The maximum atomic E-state index is 12.7. The van der Waals surface area contributed by atoms with Gasteiger partial charge < -0.3 is 10.0 Å². The maximum Gasteiger partial charge on any atom is 0.303 e. The molecule has 0 saturated carbocycles. The van der Waals surface area contributed by atoms with Crippen molar-refractivity contribution in [3.63, 3.8) is 0 Å². The highest BCUT2D eigenvalue weighted by Crippen LogP contribution is 2.23. The van der Waals surface area contributed by atoms with E-state index in [0.29, 0.717) is 18.5 Å². The van der Waals surface area contributed by atoms with Crippen LogP contribution in [0.4, 0.5) is 0 Å². The number of likely N-dealkylation sites (tertiary alicyclic amines) is 1. The summed E-state index contributed by atoms with van der Waals surface area (Å²) in [5.74, 6) is -1.05. The summed E-state index contributed by atoms with van der Waals surface area (Å²) >= 11 is 0. The lowest BCUT2D eigenvalue weighted by Crippen LogP contribution is -2.44. The monoisotopic (exact) mass is 354 g/mol. The van der Waals surface area contributed by atoms with E-state index in [-0.39, 0.29) is 23.3 Å². The molecule has 1 aliphatic heterocycles. The Morgan fingerprint density at radius 1 is 1.25 bits per heavy atom. The highest BCUT2D eigenvalue weighted by atomic mass is 32.2. The number of carboxylic acids is 1. The van der Waals surface area contributed by atoms with E-state index in [0.717, 1.165) is 19.3 Å². The van der Waals surface area contributed by atoms with Gasteiger partial charge in [-0.1, -0.05) is 0 Å². The Morgan fingerprint density at radius 2 is 1.92 bits per heavy atom. The molecule has 1 saturated heterocycles. The van der Waals surface area contributed by atoms with Crippen LogP contribution in [0.5, 0.6) is 0 Å². The van der Waals surface area contributed by atoms with Gasteiger partial charge in [0.2, 0.25) is 10.0 Å². The van der Waals surface area contributed by atoms with Gasteiger partial charge in [-0.2, -0.15) is 0 Å². The number of hydrogen-bond acceptors (Lipinski definition) is 4. The zero-order valence-electron chi connectivity index (χ0n) is 13.6. The Bertz CT molecular complexity index is 700. The number of piperidine rings is 1. The first-order valence-corrected chi connectivity index (χ1v) is 9.40. The average Bonchev–Trinajstić information content (AvgIpc) is 2.59. The number of benzene rings is 1. The Kier molecular flexibility index (Phi) is 5.95. The van der Waals surface area contributed by atoms with Crippen molar-refractivity contribution in [2.24, 2.45) is 0 Å². The molecule has 1 aromatic carbocycles. The molecule has 132 valence electrons. The first kappa shape index (κ1) is 18.4. The van der Waals surface area contributed by atoms with Gasteiger partial charge in [-0.25, -0.2) is 13.1 Å². The molecule has 1 fully saturated rings. The minimum Gasteiger partial charge on any atom is -0.481 e. The summed E-state index contributed by atoms with van der Waals surface area (Å²) in [5.41, 5.74) is 0.410. The highest BCUT2D eigenvalue weighted by molar-refractivity contribution is 7.89. The van der Waals surface area contributed by atoms with Gasteiger partial charge in [0.1, 0.15) is 0 Å². The molecule has 0 bridgehead atoms. The number of rotatable bonds is 6. The van der Waals surface area contributed by atoms with E-state index < -0.39 is 16.0 Å². The first-order chi connectivity index (χ1) is 11.3. The van der Waals surface area contributed by atoms with Gasteiger partial charge in [0.25, 0.3) is 5.91 Å². The molecule has 1 heterocycles. The molecule has 2 N–H and O–H groups in total. The Balaban J connectivity index is 2.15. The second kappa shape index (κ2) is 7.76. The van der Waals surface area contributed by atoms with Crippen LogP contribution in [-0.2, 0) is 14.8 Å². The van der Waals surface area contributed by atoms with E-state index in [1.54, 1.807) is 4.90 Å². The van der Waals surface area contributed by atoms with E-state index >= 15 is 0 Å². The van der Waals surface area contributed by atoms with Crippen LogP contribution in [0, 0.1) is 0 Å². The lowest BCUT2D eigenvalue weighted by Gasteiger charge is -2.35. The van der Waals surface area contributed by atoms with E-state index in [9.17, 15) is 18.0 Å². The number of carboxylic acid groups (broad SMARTS) is 1. The fraction of sp³-hybridized carbons (Fsp3) is 0.500. The molecule has 2 rings (SSSR count). The summed E-state index contributed by atoms with van der Waals surface area (Å²) in [4.78, 5) is 25.3. The fourth-order valence-corrected chi connectivity index (χ4v) is 3.65. The van der Waals surface area contributed by atoms with Crippen LogP contribution in [0.3, 0.4) is 0 Å². The lowest BCUT2D eigenvalue weighted by molar-refractivity contribution is -0.137. The second-order valence-corrected chi connectivity index (χ2v) is 7.70. The molecule has 1 aliphatic rings. The Hall–Kier alpha value is -1.93. The SMILES string of the molecule is CNS(=O)(=O)c1ccc(C(=O)N2CCCCC2CCC(=O)O)cc1. The predicted molar refractivity (Wildman–Crippen MR) is 88.2 cm³/mol. The molecule has 1 unspecified atom stereocenters. The molecule has 24 heavy (non-hydrogen) atoms. The molecule has 0 radical (unpaired) electrons. The van der Waals surface area contributed by atoms with Crippen LogP contribution in [0.25, 0.3) is 0 Å². The van der Waals surface area contributed by atoms with Crippen molar-refractivity contribution in [2.45, 2.75) is 43.0 Å². The van der Waals surface area contributed by atoms with Crippen molar-refractivity contribution < 1.29 is 23.1 Å². The largest absolute Gasteiger partial charge is 0.481 e. The molecule has 1 aromatic rings. The van der Waals surface area contributed by atoms with Crippen LogP contribution in [-0.4, -0.2) is 49.9 Å². The molecular formula is C16H22N2O5S. The summed E-state index contributed by atoms with van der Waals surface area (Å²) in [6, 6.07) is 5.71. The number of nitrogens with zero attached hydrogens (tertiary/aromatic N) is 1. The molecule has 0 aliphatic carbocycles. The normalized spacial score (nSPS) is 18.4. The van der Waals surface area contributed by atoms with Gasteiger partial charge in [-0.3, -0.25) is 9.59 Å². The molecule has 7 nitrogen and oxygen atoms in total. The summed E-state index contributed by atoms with van der Waals surface area (Å²) in [5, 5.41) is 8.85. The lowest BCUT2D eigenvalue weighted by atomic mass is 9.97. The number of sulfonamides is 1. The van der Waals surface area contributed by atoms with Crippen molar-refractivity contribution in [1.82, 2.24) is 9.62 Å². The minimum atomic E-state index is -3.53. The number of nitrogens with one attached hydrogen (secondary N) is 1. The van der Waals surface area contributed by atoms with E-state index in [1.165, 1.54) is 31.3 Å². The van der Waals surface area contributed by atoms with Crippen molar-refractivity contribution in [3.8, 4) is 0 Å². The van der Waals surface area contributed by atoms with Crippen LogP contribution in [0.1, 0.15) is 42.5 Å².